The maximum Gasteiger partial charge on any atom is 0.143 e. The Kier molecular flexibility index (Phi) is 7.12. The van der Waals surface area contributed by atoms with Crippen LogP contribution in [0.25, 0.3) is 0 Å². The van der Waals surface area contributed by atoms with Crippen molar-refractivity contribution in [3.8, 4) is 0 Å². The normalized spacial score (nSPS) is 25.7. The fraction of sp³-hybridized carbons (Fsp3) is 0.722. The Labute approximate surface area is 119 Å². The van der Waals surface area contributed by atoms with E-state index >= 15 is 0 Å². The van der Waals surface area contributed by atoms with Crippen LogP contribution in [0.2, 0.25) is 0 Å². The van der Waals surface area contributed by atoms with Crippen LogP contribution >= 0.6 is 0 Å². The summed E-state index contributed by atoms with van der Waals surface area (Å²) < 4.78 is 0. The monoisotopic (exact) mass is 262 g/mol. The summed E-state index contributed by atoms with van der Waals surface area (Å²) in [7, 11) is 0. The van der Waals surface area contributed by atoms with Gasteiger partial charge in [0.25, 0.3) is 0 Å². The number of carbonyl (C=O) groups excluding carboxylic acids is 1. The summed E-state index contributed by atoms with van der Waals surface area (Å²) in [6.45, 7) is 6.47. The number of Topliss-reactive ketones (excluding diaryl/α,β-unsaturated/α-hetero) is 1. The van der Waals surface area contributed by atoms with Gasteiger partial charge in [0.1, 0.15) is 5.78 Å². The molecule has 1 rings (SSSR count). The van der Waals surface area contributed by atoms with Crippen LogP contribution in [0.5, 0.6) is 0 Å². The average Bonchev–Trinajstić information content (AvgIpc) is 2.41. The van der Waals surface area contributed by atoms with Gasteiger partial charge in [0.15, 0.2) is 0 Å². The molecule has 1 aliphatic carbocycles. The second kappa shape index (κ2) is 8.35. The van der Waals surface area contributed by atoms with Crippen molar-refractivity contribution in [2.75, 3.05) is 0 Å². The lowest BCUT2D eigenvalue weighted by molar-refractivity contribution is -0.127. The minimum absolute atomic E-state index is 0.267. The summed E-state index contributed by atoms with van der Waals surface area (Å²) in [6, 6.07) is 0. The molecule has 0 N–H and O–H groups in total. The van der Waals surface area contributed by atoms with Gasteiger partial charge in [-0.15, -0.1) is 0 Å². The molecule has 0 heterocycles. The van der Waals surface area contributed by atoms with Crippen LogP contribution in [-0.2, 0) is 4.79 Å². The molecule has 0 aliphatic heterocycles. The van der Waals surface area contributed by atoms with Crippen molar-refractivity contribution >= 4 is 5.78 Å². The average molecular weight is 262 g/mol. The van der Waals surface area contributed by atoms with Crippen molar-refractivity contribution in [1.82, 2.24) is 0 Å². The van der Waals surface area contributed by atoms with E-state index in [1.54, 1.807) is 0 Å². The van der Waals surface area contributed by atoms with Crippen molar-refractivity contribution in [3.63, 3.8) is 0 Å². The Morgan fingerprint density at radius 2 is 1.68 bits per heavy atom. The minimum Gasteiger partial charge on any atom is -0.299 e. The summed E-state index contributed by atoms with van der Waals surface area (Å²) in [4.78, 5) is 12.4. The Morgan fingerprint density at radius 3 is 2.32 bits per heavy atom. The molecule has 0 spiro atoms. The van der Waals surface area contributed by atoms with E-state index in [-0.39, 0.29) is 5.41 Å². The molecule has 0 bridgehead atoms. The smallest absolute Gasteiger partial charge is 0.143 e. The Morgan fingerprint density at radius 1 is 1.05 bits per heavy atom. The van der Waals surface area contributed by atoms with Crippen LogP contribution in [0.4, 0.5) is 0 Å². The summed E-state index contributed by atoms with van der Waals surface area (Å²) >= 11 is 0. The highest BCUT2D eigenvalue weighted by atomic mass is 16.1. The van der Waals surface area contributed by atoms with Crippen LogP contribution < -0.4 is 0 Å². The molecule has 0 saturated heterocycles. The van der Waals surface area contributed by atoms with Gasteiger partial charge in [-0.05, 0) is 19.3 Å². The van der Waals surface area contributed by atoms with Gasteiger partial charge in [0.2, 0.25) is 0 Å². The highest BCUT2D eigenvalue weighted by Gasteiger charge is 2.34. The fourth-order valence-electron chi connectivity index (χ4n) is 2.70. The molecule has 0 saturated carbocycles. The van der Waals surface area contributed by atoms with E-state index in [1.807, 2.05) is 12.2 Å². The van der Waals surface area contributed by atoms with E-state index in [1.165, 1.54) is 38.5 Å². The van der Waals surface area contributed by atoms with E-state index in [2.05, 4.69) is 32.9 Å². The topological polar surface area (TPSA) is 17.1 Å². The zero-order valence-electron chi connectivity index (χ0n) is 13.0. The molecule has 0 amide bonds. The molecule has 0 aromatic heterocycles. The molecular weight excluding hydrogens is 232 g/mol. The standard InChI is InChI=1S/C18H30O/c1-4-5-6-7-8-9-10-14-17(19)18(3)15-12-11-13-16(18)2/h11-13,15-16H,4-10,14H2,1-3H3. The lowest BCUT2D eigenvalue weighted by atomic mass is 9.71. The van der Waals surface area contributed by atoms with Gasteiger partial charge in [-0.2, -0.15) is 0 Å². The van der Waals surface area contributed by atoms with E-state index in [9.17, 15) is 4.79 Å². The maximum absolute atomic E-state index is 12.4. The molecule has 0 aromatic carbocycles. The summed E-state index contributed by atoms with van der Waals surface area (Å²) in [6.07, 6.45) is 17.9. The third-order valence-electron chi connectivity index (χ3n) is 4.51. The van der Waals surface area contributed by atoms with Crippen molar-refractivity contribution in [1.29, 1.82) is 0 Å². The first-order valence-corrected chi connectivity index (χ1v) is 8.00. The number of allylic oxidation sites excluding steroid dienone is 4. The van der Waals surface area contributed by atoms with E-state index in [4.69, 9.17) is 0 Å². The Bertz CT molecular complexity index is 327. The number of hydrogen-bond donors (Lipinski definition) is 0. The predicted molar refractivity (Wildman–Crippen MR) is 83.2 cm³/mol. The molecule has 2 atom stereocenters. The first kappa shape index (κ1) is 16.2. The number of carbonyl (C=O) groups is 1. The second-order valence-corrected chi connectivity index (χ2v) is 6.11. The van der Waals surface area contributed by atoms with Gasteiger partial charge in [-0.25, -0.2) is 0 Å². The quantitative estimate of drug-likeness (QED) is 0.504. The summed E-state index contributed by atoms with van der Waals surface area (Å²) in [5.41, 5.74) is -0.267. The second-order valence-electron chi connectivity index (χ2n) is 6.11. The molecule has 0 fully saturated rings. The van der Waals surface area contributed by atoms with Gasteiger partial charge in [-0.1, -0.05) is 76.7 Å². The number of unbranched alkanes of at least 4 members (excludes halogenated alkanes) is 6. The van der Waals surface area contributed by atoms with Crippen LogP contribution in [0, 0.1) is 11.3 Å². The zero-order chi connectivity index (χ0) is 14.1. The predicted octanol–water partition coefficient (Wildman–Crippen LogP) is 5.46. The highest BCUT2D eigenvalue weighted by Crippen LogP contribution is 2.35. The molecule has 2 unspecified atom stereocenters. The largest absolute Gasteiger partial charge is 0.299 e. The Hall–Kier alpha value is -0.850. The van der Waals surface area contributed by atoms with E-state index in [0.29, 0.717) is 11.7 Å². The SMILES string of the molecule is CCCCCCCCCC(=O)C1(C)C=CC=CC1C. The minimum atomic E-state index is -0.267. The van der Waals surface area contributed by atoms with Crippen molar-refractivity contribution in [2.45, 2.75) is 72.1 Å². The fourth-order valence-corrected chi connectivity index (χ4v) is 2.70. The van der Waals surface area contributed by atoms with Gasteiger partial charge in [0, 0.05) is 6.42 Å². The van der Waals surface area contributed by atoms with Crippen LogP contribution in [0.15, 0.2) is 24.3 Å². The number of rotatable bonds is 9. The molecule has 1 heteroatoms. The number of ketones is 1. The van der Waals surface area contributed by atoms with E-state index < -0.39 is 0 Å². The first-order valence-electron chi connectivity index (χ1n) is 8.00. The lowest BCUT2D eigenvalue weighted by Gasteiger charge is -2.31. The Balaban J connectivity index is 2.21. The van der Waals surface area contributed by atoms with Gasteiger partial charge in [-0.3, -0.25) is 4.79 Å². The highest BCUT2D eigenvalue weighted by molar-refractivity contribution is 5.87. The third-order valence-corrected chi connectivity index (χ3v) is 4.51. The van der Waals surface area contributed by atoms with Gasteiger partial charge >= 0.3 is 0 Å². The number of hydrogen-bond acceptors (Lipinski definition) is 1. The molecule has 1 aliphatic rings. The van der Waals surface area contributed by atoms with Gasteiger partial charge < -0.3 is 0 Å². The molecule has 1 nitrogen and oxygen atoms in total. The first-order chi connectivity index (χ1) is 9.11. The van der Waals surface area contributed by atoms with Crippen LogP contribution in [-0.4, -0.2) is 5.78 Å². The maximum atomic E-state index is 12.4. The molecular formula is C18H30O. The van der Waals surface area contributed by atoms with Gasteiger partial charge in [0.05, 0.1) is 5.41 Å². The zero-order valence-corrected chi connectivity index (χ0v) is 13.0. The lowest BCUT2D eigenvalue weighted by Crippen LogP contribution is -2.32. The van der Waals surface area contributed by atoms with Crippen molar-refractivity contribution in [3.05, 3.63) is 24.3 Å². The molecule has 0 radical (unpaired) electrons. The van der Waals surface area contributed by atoms with E-state index in [0.717, 1.165) is 12.8 Å². The molecule has 0 aromatic rings. The van der Waals surface area contributed by atoms with Crippen molar-refractivity contribution in [2.24, 2.45) is 11.3 Å². The third kappa shape index (κ3) is 4.97. The van der Waals surface area contributed by atoms with Crippen molar-refractivity contribution < 1.29 is 4.79 Å². The van der Waals surface area contributed by atoms with Crippen LogP contribution in [0.3, 0.4) is 0 Å². The molecule has 19 heavy (non-hydrogen) atoms. The summed E-state index contributed by atoms with van der Waals surface area (Å²) in [5.74, 6) is 0.740. The van der Waals surface area contributed by atoms with Crippen LogP contribution in [0.1, 0.15) is 72.1 Å². The molecule has 108 valence electrons. The summed E-state index contributed by atoms with van der Waals surface area (Å²) in [5, 5.41) is 0.